The summed E-state index contributed by atoms with van der Waals surface area (Å²) in [6, 6.07) is 2.34. The zero-order valence-corrected chi connectivity index (χ0v) is 8.43. The van der Waals surface area contributed by atoms with Gasteiger partial charge in [-0.15, -0.1) is 0 Å². The Hall–Kier alpha value is -1.63. The van der Waals surface area contributed by atoms with E-state index >= 15 is 0 Å². The van der Waals surface area contributed by atoms with Crippen LogP contribution >= 0.6 is 0 Å². The second-order valence-corrected chi connectivity index (χ2v) is 2.05. The highest BCUT2D eigenvalue weighted by Crippen LogP contribution is 1.85. The van der Waals surface area contributed by atoms with Crippen molar-refractivity contribution >= 4 is 5.97 Å². The third-order valence-electron chi connectivity index (χ3n) is 0.805. The standard InChI is InChI=1S/C4H9NO3.2C2H3N/c1-2(6)3(5)4(7)8;2*1-2-3/h2-3,6H,5H2,1H3,(H,7,8);2*1H3/t2-,3+;;/m1../s1. The van der Waals surface area contributed by atoms with Crippen molar-refractivity contribution < 1.29 is 15.0 Å². The number of hydrogen-bond acceptors (Lipinski definition) is 5. The Labute approximate surface area is 83.2 Å². The van der Waals surface area contributed by atoms with Crippen LogP contribution in [-0.2, 0) is 4.79 Å². The summed E-state index contributed by atoms with van der Waals surface area (Å²) >= 11 is 0. The first-order valence-electron chi connectivity index (χ1n) is 3.67. The van der Waals surface area contributed by atoms with Gasteiger partial charge >= 0.3 is 5.97 Å². The molecule has 0 amide bonds. The first kappa shape index (κ1) is 18.2. The molecular weight excluding hydrogens is 186 g/mol. The van der Waals surface area contributed by atoms with Gasteiger partial charge in [0.15, 0.2) is 0 Å². The van der Waals surface area contributed by atoms with Crippen molar-refractivity contribution in [1.82, 2.24) is 0 Å². The summed E-state index contributed by atoms with van der Waals surface area (Å²) in [6.45, 7) is 4.19. The molecule has 14 heavy (non-hydrogen) atoms. The van der Waals surface area contributed by atoms with Crippen LogP contribution < -0.4 is 5.73 Å². The average molecular weight is 201 g/mol. The van der Waals surface area contributed by atoms with Gasteiger partial charge in [0.2, 0.25) is 0 Å². The van der Waals surface area contributed by atoms with Crippen LogP contribution in [0, 0.1) is 22.7 Å². The second kappa shape index (κ2) is 13.9. The summed E-state index contributed by atoms with van der Waals surface area (Å²) in [6.07, 6.45) is -0.979. The smallest absolute Gasteiger partial charge is 0.323 e. The number of aliphatic carboxylic acids is 1. The third kappa shape index (κ3) is 22.4. The summed E-state index contributed by atoms with van der Waals surface area (Å²) in [5.41, 5.74) is 4.91. The Kier molecular flexibility index (Phi) is 18.1. The maximum absolute atomic E-state index is 9.86. The van der Waals surface area contributed by atoms with Gasteiger partial charge < -0.3 is 15.9 Å². The maximum atomic E-state index is 9.86. The first-order valence-corrected chi connectivity index (χ1v) is 3.67. The maximum Gasteiger partial charge on any atom is 0.323 e. The number of hydrogen-bond donors (Lipinski definition) is 3. The van der Waals surface area contributed by atoms with E-state index in [9.17, 15) is 4.79 Å². The Morgan fingerprint density at radius 1 is 1.36 bits per heavy atom. The molecule has 0 radical (unpaired) electrons. The summed E-state index contributed by atoms with van der Waals surface area (Å²) in [7, 11) is 0. The van der Waals surface area contributed by atoms with Gasteiger partial charge in [-0.2, -0.15) is 10.5 Å². The Bertz CT molecular complexity index is 203. The van der Waals surface area contributed by atoms with Gasteiger partial charge in [0, 0.05) is 13.8 Å². The lowest BCUT2D eigenvalue weighted by molar-refractivity contribution is -0.140. The van der Waals surface area contributed by atoms with Crippen LogP contribution in [0.3, 0.4) is 0 Å². The monoisotopic (exact) mass is 201 g/mol. The van der Waals surface area contributed by atoms with Crippen molar-refractivity contribution in [3.8, 4) is 12.1 Å². The molecule has 0 rings (SSSR count). The number of aliphatic hydroxyl groups is 1. The van der Waals surface area contributed by atoms with Crippen LogP contribution in [-0.4, -0.2) is 28.3 Å². The van der Waals surface area contributed by atoms with Gasteiger partial charge in [-0.3, -0.25) is 4.79 Å². The van der Waals surface area contributed by atoms with Gasteiger partial charge in [-0.1, -0.05) is 0 Å². The Morgan fingerprint density at radius 2 is 1.57 bits per heavy atom. The van der Waals surface area contributed by atoms with E-state index in [2.05, 4.69) is 0 Å². The number of nitrogens with zero attached hydrogens (tertiary/aromatic N) is 2. The van der Waals surface area contributed by atoms with Gasteiger partial charge in [0.25, 0.3) is 0 Å². The van der Waals surface area contributed by atoms with E-state index in [1.54, 1.807) is 12.1 Å². The molecule has 0 aliphatic heterocycles. The molecule has 0 aromatic carbocycles. The lowest BCUT2D eigenvalue weighted by Crippen LogP contribution is -2.39. The molecule has 4 N–H and O–H groups in total. The first-order chi connectivity index (χ1) is 6.38. The molecule has 0 saturated heterocycles. The van der Waals surface area contributed by atoms with E-state index < -0.39 is 18.1 Å². The van der Waals surface area contributed by atoms with Crippen LogP contribution in [0.1, 0.15) is 20.8 Å². The summed E-state index contributed by atoms with van der Waals surface area (Å²) in [5, 5.41) is 31.2. The normalized spacial score (nSPS) is 11.1. The molecule has 6 nitrogen and oxygen atoms in total. The summed E-state index contributed by atoms with van der Waals surface area (Å²) in [5.74, 6) is -1.18. The number of rotatable bonds is 2. The van der Waals surface area contributed by atoms with Gasteiger partial charge in [-0.25, -0.2) is 0 Å². The molecule has 0 unspecified atom stereocenters. The molecule has 6 heteroatoms. The number of nitriles is 2. The highest BCUT2D eigenvalue weighted by molar-refractivity contribution is 5.73. The van der Waals surface area contributed by atoms with E-state index in [0.717, 1.165) is 0 Å². The molecule has 0 aromatic heterocycles. The number of carboxylic acid groups (broad SMARTS) is 1. The Morgan fingerprint density at radius 3 is 1.57 bits per heavy atom. The summed E-state index contributed by atoms with van der Waals surface area (Å²) in [4.78, 5) is 9.86. The predicted octanol–water partition coefficient (Wildman–Crippen LogP) is -0.161. The van der Waals surface area contributed by atoms with Crippen LogP contribution in [0.5, 0.6) is 0 Å². The molecule has 0 spiro atoms. The summed E-state index contributed by atoms with van der Waals surface area (Å²) < 4.78 is 0. The van der Waals surface area contributed by atoms with Crippen LogP contribution in [0.2, 0.25) is 0 Å². The zero-order chi connectivity index (χ0) is 12.1. The topological polar surface area (TPSA) is 131 Å². The molecule has 0 bridgehead atoms. The highest BCUT2D eigenvalue weighted by Gasteiger charge is 2.16. The van der Waals surface area contributed by atoms with Gasteiger partial charge in [-0.05, 0) is 6.92 Å². The highest BCUT2D eigenvalue weighted by atomic mass is 16.4. The van der Waals surface area contributed by atoms with Crippen LogP contribution in [0.15, 0.2) is 0 Å². The molecule has 0 aromatic rings. The Balaban J connectivity index is -0.000000168. The van der Waals surface area contributed by atoms with Crippen molar-refractivity contribution in [2.24, 2.45) is 5.73 Å². The van der Waals surface area contributed by atoms with Crippen molar-refractivity contribution in [2.75, 3.05) is 0 Å². The largest absolute Gasteiger partial charge is 0.480 e. The molecule has 0 fully saturated rings. The molecule has 2 atom stereocenters. The van der Waals surface area contributed by atoms with E-state index in [1.807, 2.05) is 0 Å². The molecular formula is C8H15N3O3. The molecule has 0 saturated carbocycles. The molecule has 0 aliphatic rings. The third-order valence-corrected chi connectivity index (χ3v) is 0.805. The van der Waals surface area contributed by atoms with Crippen molar-refractivity contribution in [3.63, 3.8) is 0 Å². The quantitative estimate of drug-likeness (QED) is 0.568. The number of nitrogens with two attached hydrogens (primary N) is 1. The van der Waals surface area contributed by atoms with E-state index in [0.29, 0.717) is 0 Å². The fraction of sp³-hybridized carbons (Fsp3) is 0.625. The van der Waals surface area contributed by atoms with Crippen LogP contribution in [0.4, 0.5) is 0 Å². The molecule has 80 valence electrons. The number of aliphatic hydroxyl groups excluding tert-OH is 1. The SMILES string of the molecule is CC#N.CC#N.C[C@@H](O)[C@H](N)C(=O)O. The van der Waals surface area contributed by atoms with Crippen molar-refractivity contribution in [2.45, 2.75) is 32.9 Å². The fourth-order valence-corrected chi connectivity index (χ4v) is 0.206. The van der Waals surface area contributed by atoms with Crippen molar-refractivity contribution in [1.29, 1.82) is 10.5 Å². The number of carbonyl (C=O) groups is 1. The second-order valence-electron chi connectivity index (χ2n) is 2.05. The zero-order valence-electron chi connectivity index (χ0n) is 8.43. The van der Waals surface area contributed by atoms with E-state index in [-0.39, 0.29) is 0 Å². The van der Waals surface area contributed by atoms with E-state index in [4.69, 9.17) is 26.5 Å². The molecule has 0 aliphatic carbocycles. The predicted molar refractivity (Wildman–Crippen MR) is 49.9 cm³/mol. The minimum atomic E-state index is -1.18. The fourth-order valence-electron chi connectivity index (χ4n) is 0.206. The molecule has 0 heterocycles. The van der Waals surface area contributed by atoms with Crippen molar-refractivity contribution in [3.05, 3.63) is 0 Å². The van der Waals surface area contributed by atoms with E-state index in [1.165, 1.54) is 20.8 Å². The van der Waals surface area contributed by atoms with Gasteiger partial charge in [0.05, 0.1) is 18.2 Å². The minimum absolute atomic E-state index is 0.979. The minimum Gasteiger partial charge on any atom is -0.480 e. The number of carboxylic acids is 1. The lowest BCUT2D eigenvalue weighted by atomic mass is 10.2. The van der Waals surface area contributed by atoms with Gasteiger partial charge in [0.1, 0.15) is 6.04 Å². The lowest BCUT2D eigenvalue weighted by Gasteiger charge is -2.06. The average Bonchev–Trinajstić information content (AvgIpc) is 2.05. The van der Waals surface area contributed by atoms with Crippen LogP contribution in [0.25, 0.3) is 0 Å².